The Bertz CT molecular complexity index is 626. The van der Waals surface area contributed by atoms with E-state index in [9.17, 15) is 4.79 Å². The molecule has 0 fully saturated rings. The third kappa shape index (κ3) is 3.01. The van der Waals surface area contributed by atoms with E-state index in [2.05, 4.69) is 24.2 Å². The van der Waals surface area contributed by atoms with Crippen LogP contribution in [0.15, 0.2) is 23.0 Å². The van der Waals surface area contributed by atoms with E-state index < -0.39 is 0 Å². The average molecular weight is 261 g/mol. The summed E-state index contributed by atoms with van der Waals surface area (Å²) in [6, 6.07) is 5.81. The van der Waals surface area contributed by atoms with Crippen molar-refractivity contribution in [3.63, 3.8) is 0 Å². The van der Waals surface area contributed by atoms with Gasteiger partial charge < -0.3 is 5.73 Å². The monoisotopic (exact) mass is 261 g/mol. The first-order chi connectivity index (χ1) is 8.97. The molecule has 2 rings (SSSR count). The fraction of sp³-hybridized carbons (Fsp3) is 0.462. The summed E-state index contributed by atoms with van der Waals surface area (Å²) in [5.74, 6) is 0.364. The number of tetrazole rings is 1. The molecule has 1 heterocycles. The highest BCUT2D eigenvalue weighted by atomic mass is 16.2. The van der Waals surface area contributed by atoms with E-state index >= 15 is 0 Å². The van der Waals surface area contributed by atoms with Gasteiger partial charge in [-0.1, -0.05) is 31.1 Å². The molecule has 102 valence electrons. The van der Waals surface area contributed by atoms with Gasteiger partial charge in [-0.05, 0) is 35.2 Å². The highest BCUT2D eigenvalue weighted by molar-refractivity contribution is 5.47. The van der Waals surface area contributed by atoms with Crippen LogP contribution in [0, 0.1) is 12.8 Å². The predicted octanol–water partition coefficient (Wildman–Crippen LogP) is 1.03. The van der Waals surface area contributed by atoms with Gasteiger partial charge in [0.1, 0.15) is 0 Å². The quantitative estimate of drug-likeness (QED) is 0.834. The van der Waals surface area contributed by atoms with E-state index in [0.29, 0.717) is 19.0 Å². The number of benzene rings is 1. The molecular formula is C13H19N5O. The Kier molecular flexibility index (Phi) is 3.69. The second-order valence-corrected chi connectivity index (χ2v) is 5.17. The lowest BCUT2D eigenvalue weighted by Gasteiger charge is -2.11. The molecule has 0 aliphatic rings. The minimum absolute atomic E-state index is 0.305. The summed E-state index contributed by atoms with van der Waals surface area (Å²) in [7, 11) is 0. The van der Waals surface area contributed by atoms with Gasteiger partial charge in [-0.15, -0.1) is 0 Å². The van der Waals surface area contributed by atoms with Gasteiger partial charge in [0, 0.05) is 12.2 Å². The summed E-state index contributed by atoms with van der Waals surface area (Å²) in [4.78, 5) is 13.2. The van der Waals surface area contributed by atoms with Crippen LogP contribution in [0.5, 0.6) is 0 Å². The Labute approximate surface area is 111 Å². The van der Waals surface area contributed by atoms with Gasteiger partial charge in [-0.2, -0.15) is 4.80 Å². The molecule has 1 aromatic carbocycles. The van der Waals surface area contributed by atoms with Gasteiger partial charge in [-0.3, -0.25) is 0 Å². The molecule has 1 aromatic heterocycles. The number of aryl methyl sites for hydroxylation is 1. The van der Waals surface area contributed by atoms with Crippen LogP contribution in [0.25, 0.3) is 0 Å². The van der Waals surface area contributed by atoms with Gasteiger partial charge >= 0.3 is 5.69 Å². The van der Waals surface area contributed by atoms with Gasteiger partial charge in [0.25, 0.3) is 0 Å². The van der Waals surface area contributed by atoms with Crippen molar-refractivity contribution < 1.29 is 0 Å². The first kappa shape index (κ1) is 13.3. The highest BCUT2D eigenvalue weighted by Crippen LogP contribution is 2.13. The summed E-state index contributed by atoms with van der Waals surface area (Å²) in [6.45, 7) is 7.19. The number of nitrogen functional groups attached to an aromatic ring is 1. The Morgan fingerprint density at radius 1 is 1.37 bits per heavy atom. The van der Waals surface area contributed by atoms with Gasteiger partial charge in [-0.25, -0.2) is 9.48 Å². The fourth-order valence-corrected chi connectivity index (χ4v) is 1.92. The lowest BCUT2D eigenvalue weighted by atomic mass is 10.1. The lowest BCUT2D eigenvalue weighted by molar-refractivity contribution is 0.373. The molecule has 0 spiro atoms. The average Bonchev–Trinajstić information content (AvgIpc) is 2.66. The zero-order chi connectivity index (χ0) is 14.0. The van der Waals surface area contributed by atoms with E-state index in [-0.39, 0.29) is 5.69 Å². The molecule has 19 heavy (non-hydrogen) atoms. The third-order valence-electron chi connectivity index (χ3n) is 2.93. The van der Waals surface area contributed by atoms with Gasteiger partial charge in [0.15, 0.2) is 0 Å². The molecule has 0 aliphatic carbocycles. The van der Waals surface area contributed by atoms with Gasteiger partial charge in [0.2, 0.25) is 0 Å². The van der Waals surface area contributed by atoms with Crippen molar-refractivity contribution in [2.75, 3.05) is 5.73 Å². The molecule has 0 radical (unpaired) electrons. The molecule has 6 heteroatoms. The first-order valence-corrected chi connectivity index (χ1v) is 6.33. The van der Waals surface area contributed by atoms with E-state index in [0.717, 1.165) is 16.8 Å². The number of anilines is 1. The van der Waals surface area contributed by atoms with E-state index in [1.54, 1.807) is 9.48 Å². The molecule has 0 amide bonds. The zero-order valence-corrected chi connectivity index (χ0v) is 11.5. The normalized spacial score (nSPS) is 11.2. The first-order valence-electron chi connectivity index (χ1n) is 6.33. The minimum atomic E-state index is -0.305. The third-order valence-corrected chi connectivity index (χ3v) is 2.93. The van der Waals surface area contributed by atoms with E-state index in [4.69, 9.17) is 5.73 Å². The van der Waals surface area contributed by atoms with Crippen LogP contribution in [-0.4, -0.2) is 19.8 Å². The van der Waals surface area contributed by atoms with Crippen LogP contribution in [-0.2, 0) is 13.1 Å². The van der Waals surface area contributed by atoms with E-state index in [1.165, 1.54) is 0 Å². The number of aromatic nitrogens is 4. The van der Waals surface area contributed by atoms with E-state index in [1.807, 2.05) is 25.1 Å². The maximum Gasteiger partial charge on any atom is 0.383 e. The number of hydrogen-bond acceptors (Lipinski definition) is 4. The van der Waals surface area contributed by atoms with Crippen LogP contribution in [0.3, 0.4) is 0 Å². The molecule has 2 aromatic rings. The predicted molar refractivity (Wildman–Crippen MR) is 73.8 cm³/mol. The molecule has 2 N–H and O–H groups in total. The van der Waals surface area contributed by atoms with Crippen molar-refractivity contribution in [3.8, 4) is 0 Å². The van der Waals surface area contributed by atoms with Crippen LogP contribution >= 0.6 is 0 Å². The molecule has 0 saturated carbocycles. The maximum absolute atomic E-state index is 11.6. The summed E-state index contributed by atoms with van der Waals surface area (Å²) < 4.78 is 1.57. The molecule has 0 aliphatic heterocycles. The summed E-state index contributed by atoms with van der Waals surface area (Å²) >= 11 is 0. The molecule has 0 saturated heterocycles. The van der Waals surface area contributed by atoms with Crippen molar-refractivity contribution in [1.82, 2.24) is 19.8 Å². The summed E-state index contributed by atoms with van der Waals surface area (Å²) in [5, 5.41) is 7.50. The number of nitrogens with two attached hydrogens (primary N) is 1. The smallest absolute Gasteiger partial charge is 0.383 e. The van der Waals surface area contributed by atoms with Crippen molar-refractivity contribution >= 4 is 5.69 Å². The standard InChI is InChI=1S/C13H19N5O/c1-9(2)7-17-13(19)15-16-18(17)8-11-4-5-12(14)10(3)6-11/h4-6,9H,7-8,14H2,1-3H3. The number of hydrogen-bond donors (Lipinski definition) is 1. The fourth-order valence-electron chi connectivity index (χ4n) is 1.92. The Hall–Kier alpha value is -2.11. The zero-order valence-electron chi connectivity index (χ0n) is 11.5. The Morgan fingerprint density at radius 2 is 2.11 bits per heavy atom. The van der Waals surface area contributed by atoms with Gasteiger partial charge in [0.05, 0.1) is 6.54 Å². The SMILES string of the molecule is Cc1cc(Cn2nnc(=O)n2CC(C)C)ccc1N. The highest BCUT2D eigenvalue weighted by Gasteiger charge is 2.09. The lowest BCUT2D eigenvalue weighted by Crippen LogP contribution is -2.26. The molecule has 6 nitrogen and oxygen atoms in total. The van der Waals surface area contributed by atoms with Crippen molar-refractivity contribution in [3.05, 3.63) is 39.8 Å². The number of nitrogens with zero attached hydrogens (tertiary/aromatic N) is 4. The Balaban J connectivity index is 2.28. The minimum Gasteiger partial charge on any atom is -0.399 e. The maximum atomic E-state index is 11.6. The molecule has 0 bridgehead atoms. The Morgan fingerprint density at radius 3 is 2.74 bits per heavy atom. The second kappa shape index (κ2) is 5.26. The van der Waals surface area contributed by atoms with Crippen LogP contribution in [0.4, 0.5) is 5.69 Å². The number of rotatable bonds is 4. The summed E-state index contributed by atoms with van der Waals surface area (Å²) in [5.41, 5.74) is 8.33. The summed E-state index contributed by atoms with van der Waals surface area (Å²) in [6.07, 6.45) is 0. The van der Waals surface area contributed by atoms with Crippen LogP contribution < -0.4 is 11.4 Å². The van der Waals surface area contributed by atoms with Crippen molar-refractivity contribution in [1.29, 1.82) is 0 Å². The molecule has 0 atom stereocenters. The van der Waals surface area contributed by atoms with Crippen molar-refractivity contribution in [2.24, 2.45) is 5.92 Å². The topological polar surface area (TPSA) is 78.7 Å². The molecule has 0 unspecified atom stereocenters. The largest absolute Gasteiger partial charge is 0.399 e. The molecular weight excluding hydrogens is 242 g/mol. The second-order valence-electron chi connectivity index (χ2n) is 5.17. The van der Waals surface area contributed by atoms with Crippen molar-refractivity contribution in [2.45, 2.75) is 33.9 Å². The van der Waals surface area contributed by atoms with Crippen LogP contribution in [0.1, 0.15) is 25.0 Å². The van der Waals surface area contributed by atoms with Crippen LogP contribution in [0.2, 0.25) is 0 Å².